The molecule has 0 radical (unpaired) electrons. The van der Waals surface area contributed by atoms with Crippen LogP contribution in [0.2, 0.25) is 0 Å². The van der Waals surface area contributed by atoms with Crippen molar-refractivity contribution < 1.29 is 4.79 Å². The highest BCUT2D eigenvalue weighted by molar-refractivity contribution is 5.76. The topological polar surface area (TPSA) is 46.9 Å². The van der Waals surface area contributed by atoms with Crippen LogP contribution in [0.25, 0.3) is 0 Å². The van der Waals surface area contributed by atoms with E-state index in [1.807, 2.05) is 0 Å². The highest BCUT2D eigenvalue weighted by Crippen LogP contribution is 2.08. The van der Waals surface area contributed by atoms with Gasteiger partial charge in [-0.05, 0) is 12.3 Å². The molecule has 0 aromatic carbocycles. The van der Waals surface area contributed by atoms with Crippen LogP contribution in [0.1, 0.15) is 46.0 Å². The van der Waals surface area contributed by atoms with E-state index in [0.717, 1.165) is 18.9 Å². The normalized spacial score (nSPS) is 10.8. The Balaban J connectivity index is 1.96. The zero-order valence-electron chi connectivity index (χ0n) is 10.9. The van der Waals surface area contributed by atoms with Crippen molar-refractivity contribution in [2.45, 2.75) is 46.0 Å². The van der Waals surface area contributed by atoms with Crippen LogP contribution in [-0.4, -0.2) is 22.1 Å². The average molecular weight is 237 g/mol. The fourth-order valence-corrected chi connectivity index (χ4v) is 1.70. The van der Waals surface area contributed by atoms with Crippen LogP contribution in [0, 0.1) is 5.92 Å². The van der Waals surface area contributed by atoms with Gasteiger partial charge in [-0.3, -0.25) is 4.57 Å². The Hall–Kier alpha value is -1.32. The molecular formula is C13H23N3O. The van der Waals surface area contributed by atoms with Gasteiger partial charge in [0, 0.05) is 18.9 Å². The van der Waals surface area contributed by atoms with Crippen LogP contribution in [0.3, 0.4) is 0 Å². The number of carbonyl (C=O) groups excluding carboxylic acids is 1. The lowest BCUT2D eigenvalue weighted by Crippen LogP contribution is -2.28. The Morgan fingerprint density at radius 3 is 2.71 bits per heavy atom. The predicted molar refractivity (Wildman–Crippen MR) is 68.9 cm³/mol. The van der Waals surface area contributed by atoms with Crippen molar-refractivity contribution >= 4 is 6.03 Å². The molecule has 0 unspecified atom stereocenters. The Labute approximate surface area is 103 Å². The minimum Gasteiger partial charge on any atom is -0.337 e. The number of carbonyl (C=O) groups is 1. The molecule has 0 saturated heterocycles. The van der Waals surface area contributed by atoms with E-state index in [1.54, 1.807) is 12.4 Å². The van der Waals surface area contributed by atoms with Gasteiger partial charge in [-0.15, -0.1) is 0 Å². The maximum atomic E-state index is 11.5. The summed E-state index contributed by atoms with van der Waals surface area (Å²) in [5.74, 6) is 0.802. The molecule has 0 saturated carbocycles. The highest BCUT2D eigenvalue weighted by atomic mass is 16.2. The van der Waals surface area contributed by atoms with Crippen LogP contribution >= 0.6 is 0 Å². The first-order valence-electron chi connectivity index (χ1n) is 6.46. The molecule has 0 spiro atoms. The molecule has 0 aliphatic carbocycles. The Bertz CT molecular complexity index is 306. The molecular weight excluding hydrogens is 214 g/mol. The molecule has 1 aromatic heterocycles. The van der Waals surface area contributed by atoms with E-state index in [1.165, 1.54) is 36.6 Å². The molecule has 1 aromatic rings. The fourth-order valence-electron chi connectivity index (χ4n) is 1.70. The number of nitrogens with one attached hydrogen (secondary N) is 1. The largest absolute Gasteiger partial charge is 0.337 e. The standard InChI is InChI=1S/C13H23N3O/c1-12(2)7-5-3-4-6-8-15-13(17)16-10-9-14-11-16/h9-12H,3-8H2,1-2H3,(H,15,17). The molecule has 1 heterocycles. The smallest absolute Gasteiger partial charge is 0.326 e. The number of nitrogens with zero attached hydrogens (tertiary/aromatic N) is 2. The van der Waals surface area contributed by atoms with E-state index in [-0.39, 0.29) is 6.03 Å². The molecule has 0 bridgehead atoms. The summed E-state index contributed by atoms with van der Waals surface area (Å²) in [6.07, 6.45) is 10.9. The zero-order valence-corrected chi connectivity index (χ0v) is 10.9. The first-order valence-corrected chi connectivity index (χ1v) is 6.46. The van der Waals surface area contributed by atoms with Crippen molar-refractivity contribution in [3.05, 3.63) is 18.7 Å². The van der Waals surface area contributed by atoms with Crippen molar-refractivity contribution in [3.8, 4) is 0 Å². The molecule has 0 atom stereocenters. The quantitative estimate of drug-likeness (QED) is 0.741. The van der Waals surface area contributed by atoms with Gasteiger partial charge in [0.25, 0.3) is 0 Å². The fraction of sp³-hybridized carbons (Fsp3) is 0.692. The number of hydrogen-bond acceptors (Lipinski definition) is 2. The Morgan fingerprint density at radius 1 is 1.29 bits per heavy atom. The number of rotatable bonds is 7. The minimum absolute atomic E-state index is 0.0929. The monoisotopic (exact) mass is 237 g/mol. The Kier molecular flexibility index (Phi) is 6.37. The van der Waals surface area contributed by atoms with Gasteiger partial charge in [-0.1, -0.05) is 39.5 Å². The van der Waals surface area contributed by atoms with E-state index < -0.39 is 0 Å². The van der Waals surface area contributed by atoms with Gasteiger partial charge in [-0.2, -0.15) is 0 Å². The van der Waals surface area contributed by atoms with E-state index in [0.29, 0.717) is 0 Å². The van der Waals surface area contributed by atoms with Crippen LogP contribution in [0.15, 0.2) is 18.7 Å². The van der Waals surface area contributed by atoms with E-state index in [2.05, 4.69) is 24.1 Å². The number of unbranched alkanes of at least 4 members (excludes halogenated alkanes) is 3. The maximum Gasteiger partial charge on any atom is 0.326 e. The molecule has 1 rings (SSSR count). The average Bonchev–Trinajstić information content (AvgIpc) is 2.80. The van der Waals surface area contributed by atoms with E-state index in [4.69, 9.17) is 0 Å². The minimum atomic E-state index is -0.0929. The van der Waals surface area contributed by atoms with Crippen molar-refractivity contribution in [2.75, 3.05) is 6.54 Å². The highest BCUT2D eigenvalue weighted by Gasteiger charge is 2.01. The third-order valence-electron chi connectivity index (χ3n) is 2.72. The molecule has 0 aliphatic rings. The van der Waals surface area contributed by atoms with Gasteiger partial charge in [0.2, 0.25) is 0 Å². The van der Waals surface area contributed by atoms with Crippen molar-refractivity contribution in [2.24, 2.45) is 5.92 Å². The molecule has 1 amide bonds. The first kappa shape index (κ1) is 13.7. The second kappa shape index (κ2) is 7.87. The summed E-state index contributed by atoms with van der Waals surface area (Å²) in [7, 11) is 0. The van der Waals surface area contributed by atoms with Crippen LogP contribution in [0.4, 0.5) is 4.79 Å². The predicted octanol–water partition coefficient (Wildman–Crippen LogP) is 3.05. The summed E-state index contributed by atoms with van der Waals surface area (Å²) in [6, 6.07) is -0.0929. The van der Waals surface area contributed by atoms with Crippen molar-refractivity contribution in [1.29, 1.82) is 0 Å². The van der Waals surface area contributed by atoms with Crippen LogP contribution in [-0.2, 0) is 0 Å². The summed E-state index contributed by atoms with van der Waals surface area (Å²) < 4.78 is 1.46. The van der Waals surface area contributed by atoms with Gasteiger partial charge >= 0.3 is 6.03 Å². The lowest BCUT2D eigenvalue weighted by molar-refractivity contribution is 0.242. The molecule has 0 aliphatic heterocycles. The lowest BCUT2D eigenvalue weighted by atomic mass is 10.0. The van der Waals surface area contributed by atoms with E-state index >= 15 is 0 Å². The number of hydrogen-bond donors (Lipinski definition) is 1. The molecule has 0 fully saturated rings. The summed E-state index contributed by atoms with van der Waals surface area (Å²) in [4.78, 5) is 15.3. The summed E-state index contributed by atoms with van der Waals surface area (Å²) in [5.41, 5.74) is 0. The van der Waals surface area contributed by atoms with Gasteiger partial charge in [-0.25, -0.2) is 9.78 Å². The van der Waals surface area contributed by atoms with Crippen LogP contribution < -0.4 is 5.32 Å². The molecule has 17 heavy (non-hydrogen) atoms. The van der Waals surface area contributed by atoms with Gasteiger partial charge in [0.05, 0.1) is 0 Å². The van der Waals surface area contributed by atoms with E-state index in [9.17, 15) is 4.79 Å². The summed E-state index contributed by atoms with van der Waals surface area (Å²) in [6.45, 7) is 5.26. The second-order valence-corrected chi connectivity index (χ2v) is 4.80. The maximum absolute atomic E-state index is 11.5. The van der Waals surface area contributed by atoms with Crippen molar-refractivity contribution in [3.63, 3.8) is 0 Å². The third kappa shape index (κ3) is 6.09. The molecule has 1 N–H and O–H groups in total. The summed E-state index contributed by atoms with van der Waals surface area (Å²) in [5, 5.41) is 2.87. The Morgan fingerprint density at radius 2 is 2.06 bits per heavy atom. The van der Waals surface area contributed by atoms with Crippen molar-refractivity contribution in [1.82, 2.24) is 14.9 Å². The van der Waals surface area contributed by atoms with Gasteiger partial charge in [0.1, 0.15) is 6.33 Å². The zero-order chi connectivity index (χ0) is 12.5. The third-order valence-corrected chi connectivity index (χ3v) is 2.72. The molecule has 4 heteroatoms. The lowest BCUT2D eigenvalue weighted by Gasteiger charge is -2.06. The van der Waals surface area contributed by atoms with Gasteiger partial charge < -0.3 is 5.32 Å². The second-order valence-electron chi connectivity index (χ2n) is 4.80. The van der Waals surface area contributed by atoms with Gasteiger partial charge in [0.15, 0.2) is 0 Å². The number of aromatic nitrogens is 2. The molecule has 4 nitrogen and oxygen atoms in total. The SMILES string of the molecule is CC(C)CCCCCCNC(=O)n1ccnc1. The summed E-state index contributed by atoms with van der Waals surface area (Å²) >= 11 is 0. The van der Waals surface area contributed by atoms with Crippen LogP contribution in [0.5, 0.6) is 0 Å². The molecule has 96 valence electrons. The number of amides is 1. The number of imidazole rings is 1. The first-order chi connectivity index (χ1) is 8.20.